The molecule has 0 aliphatic heterocycles. The predicted molar refractivity (Wildman–Crippen MR) is 81.8 cm³/mol. The third-order valence-electron chi connectivity index (χ3n) is 4.08. The van der Waals surface area contributed by atoms with E-state index in [1.807, 2.05) is 24.3 Å². The van der Waals surface area contributed by atoms with Crippen LogP contribution in [0.3, 0.4) is 0 Å². The third-order valence-corrected chi connectivity index (χ3v) is 4.08. The summed E-state index contributed by atoms with van der Waals surface area (Å²) in [6, 6.07) is 10.4. The molecule has 1 unspecified atom stereocenters. The second-order valence-electron chi connectivity index (χ2n) is 6.41. The van der Waals surface area contributed by atoms with Gasteiger partial charge >= 0.3 is 0 Å². The van der Waals surface area contributed by atoms with Crippen molar-refractivity contribution in [1.82, 2.24) is 0 Å². The Labute approximate surface area is 121 Å². The van der Waals surface area contributed by atoms with Crippen LogP contribution in [-0.2, 0) is 0 Å². The van der Waals surface area contributed by atoms with E-state index in [0.29, 0.717) is 11.5 Å². The summed E-state index contributed by atoms with van der Waals surface area (Å²) >= 11 is 0. The van der Waals surface area contributed by atoms with Gasteiger partial charge in [-0.3, -0.25) is 0 Å². The highest BCUT2D eigenvalue weighted by Crippen LogP contribution is 2.34. The van der Waals surface area contributed by atoms with Crippen molar-refractivity contribution in [2.75, 3.05) is 11.9 Å². The van der Waals surface area contributed by atoms with Crippen molar-refractivity contribution < 1.29 is 4.74 Å². The fraction of sp³-hybridized carbons (Fsp3) is 0.588. The summed E-state index contributed by atoms with van der Waals surface area (Å²) in [5.74, 6) is 0.755. The maximum atomic E-state index is 8.55. The number of nitrogens with zero attached hydrogens (tertiary/aromatic N) is 1. The Kier molecular flexibility index (Phi) is 4.89. The molecular weight excluding hydrogens is 248 g/mol. The van der Waals surface area contributed by atoms with Crippen LogP contribution in [0.2, 0.25) is 0 Å². The number of hydrogen-bond acceptors (Lipinski definition) is 3. The van der Waals surface area contributed by atoms with Crippen molar-refractivity contribution in [2.45, 2.75) is 52.0 Å². The molecule has 1 fully saturated rings. The van der Waals surface area contributed by atoms with E-state index in [1.165, 1.54) is 32.1 Å². The molecule has 0 saturated heterocycles. The molecule has 1 aliphatic rings. The van der Waals surface area contributed by atoms with Crippen LogP contribution < -0.4 is 10.1 Å². The minimum Gasteiger partial charge on any atom is -0.479 e. The summed E-state index contributed by atoms with van der Waals surface area (Å²) in [5.41, 5.74) is 1.57. The molecular formula is C17H24N2O. The fourth-order valence-electron chi connectivity index (χ4n) is 2.83. The van der Waals surface area contributed by atoms with Crippen molar-refractivity contribution in [3.8, 4) is 11.8 Å². The molecule has 1 saturated carbocycles. The van der Waals surface area contributed by atoms with Gasteiger partial charge < -0.3 is 10.1 Å². The van der Waals surface area contributed by atoms with Crippen LogP contribution in [0.5, 0.6) is 5.75 Å². The monoisotopic (exact) mass is 272 g/mol. The van der Waals surface area contributed by atoms with E-state index in [0.717, 1.165) is 11.4 Å². The Morgan fingerprint density at radius 1 is 1.35 bits per heavy atom. The lowest BCUT2D eigenvalue weighted by Gasteiger charge is -2.22. The van der Waals surface area contributed by atoms with Gasteiger partial charge in [0.1, 0.15) is 11.8 Å². The number of ether oxygens (including phenoxy) is 1. The largest absolute Gasteiger partial charge is 0.479 e. The second-order valence-corrected chi connectivity index (χ2v) is 6.41. The first kappa shape index (κ1) is 14.7. The zero-order valence-corrected chi connectivity index (χ0v) is 12.5. The highest BCUT2D eigenvalue weighted by Gasteiger charge is 2.24. The molecule has 20 heavy (non-hydrogen) atoms. The number of rotatable bonds is 4. The van der Waals surface area contributed by atoms with Crippen LogP contribution in [0.25, 0.3) is 0 Å². The molecule has 3 nitrogen and oxygen atoms in total. The van der Waals surface area contributed by atoms with E-state index in [4.69, 9.17) is 10.00 Å². The number of nitrogens with one attached hydrogen (secondary N) is 1. The molecule has 0 bridgehead atoms. The predicted octanol–water partition coefficient (Wildman–Crippen LogP) is 4.36. The first-order valence-corrected chi connectivity index (χ1v) is 7.45. The van der Waals surface area contributed by atoms with Gasteiger partial charge in [0.2, 0.25) is 0 Å². The molecule has 3 heteroatoms. The van der Waals surface area contributed by atoms with Crippen molar-refractivity contribution in [3.05, 3.63) is 24.3 Å². The highest BCUT2D eigenvalue weighted by molar-refractivity contribution is 5.48. The summed E-state index contributed by atoms with van der Waals surface area (Å²) in [7, 11) is 0. The van der Waals surface area contributed by atoms with Gasteiger partial charge in [-0.05, 0) is 43.2 Å². The van der Waals surface area contributed by atoms with Crippen molar-refractivity contribution in [1.29, 1.82) is 5.26 Å². The topological polar surface area (TPSA) is 45.0 Å². The van der Waals surface area contributed by atoms with Crippen LogP contribution in [0.4, 0.5) is 5.69 Å². The number of hydrogen-bond donors (Lipinski definition) is 1. The highest BCUT2D eigenvalue weighted by atomic mass is 16.5. The van der Waals surface area contributed by atoms with Crippen molar-refractivity contribution >= 4 is 5.69 Å². The van der Waals surface area contributed by atoms with E-state index in [1.54, 1.807) is 0 Å². The molecule has 108 valence electrons. The summed E-state index contributed by atoms with van der Waals surface area (Å²) in [4.78, 5) is 0. The maximum absolute atomic E-state index is 8.55. The maximum Gasteiger partial charge on any atom is 0.174 e. The molecule has 1 N–H and O–H groups in total. The van der Waals surface area contributed by atoms with Gasteiger partial charge in [0, 0.05) is 17.8 Å². The van der Waals surface area contributed by atoms with Crippen LogP contribution in [0.15, 0.2) is 24.3 Å². The first-order chi connectivity index (χ1) is 9.59. The van der Waals surface area contributed by atoms with Crippen LogP contribution in [-0.4, -0.2) is 12.6 Å². The van der Waals surface area contributed by atoms with Crippen molar-refractivity contribution in [3.63, 3.8) is 0 Å². The molecule has 0 heterocycles. The lowest BCUT2D eigenvalue weighted by atomic mass is 9.85. The van der Waals surface area contributed by atoms with Gasteiger partial charge in [0.05, 0.1) is 0 Å². The number of nitriles is 1. The average molecular weight is 272 g/mol. The SMILES string of the molecule is CC1(C)CCCC(Nc2cccc(OCC#N)c2)CC1. The van der Waals surface area contributed by atoms with Gasteiger partial charge in [-0.2, -0.15) is 5.26 Å². The van der Waals surface area contributed by atoms with E-state index in [2.05, 4.69) is 25.2 Å². The summed E-state index contributed by atoms with van der Waals surface area (Å²) in [6.07, 6.45) is 6.32. The molecule has 1 atom stereocenters. The molecule has 0 radical (unpaired) electrons. The standard InChI is InChI=1S/C17H24N2O/c1-17(2)9-4-6-14(8-10-17)19-15-5-3-7-16(13-15)20-12-11-18/h3,5,7,13-14,19H,4,6,8-10,12H2,1-2H3. The van der Waals surface area contributed by atoms with E-state index < -0.39 is 0 Å². The first-order valence-electron chi connectivity index (χ1n) is 7.45. The Balaban J connectivity index is 1.94. The van der Waals surface area contributed by atoms with E-state index >= 15 is 0 Å². The second kappa shape index (κ2) is 6.65. The Morgan fingerprint density at radius 3 is 3.00 bits per heavy atom. The number of anilines is 1. The third kappa shape index (κ3) is 4.45. The molecule has 2 rings (SSSR count). The molecule has 1 aromatic carbocycles. The Hall–Kier alpha value is -1.69. The molecule has 1 aromatic rings. The lowest BCUT2D eigenvalue weighted by Crippen LogP contribution is -2.19. The zero-order chi connectivity index (χ0) is 14.4. The van der Waals surface area contributed by atoms with Gasteiger partial charge in [0.25, 0.3) is 0 Å². The minimum atomic E-state index is 0.0983. The van der Waals surface area contributed by atoms with Crippen LogP contribution in [0.1, 0.15) is 46.0 Å². The average Bonchev–Trinajstić information content (AvgIpc) is 2.58. The van der Waals surface area contributed by atoms with Gasteiger partial charge in [0.15, 0.2) is 6.61 Å². The summed E-state index contributed by atoms with van der Waals surface area (Å²) < 4.78 is 5.34. The quantitative estimate of drug-likeness (QED) is 0.828. The molecule has 0 amide bonds. The van der Waals surface area contributed by atoms with Crippen LogP contribution >= 0.6 is 0 Å². The summed E-state index contributed by atoms with van der Waals surface area (Å²) in [5, 5.41) is 12.2. The van der Waals surface area contributed by atoms with Gasteiger partial charge in [-0.15, -0.1) is 0 Å². The Bertz CT molecular complexity index is 476. The van der Waals surface area contributed by atoms with E-state index in [-0.39, 0.29) is 6.61 Å². The minimum absolute atomic E-state index is 0.0983. The smallest absolute Gasteiger partial charge is 0.174 e. The Morgan fingerprint density at radius 2 is 2.20 bits per heavy atom. The van der Waals surface area contributed by atoms with Gasteiger partial charge in [-0.1, -0.05) is 26.3 Å². The fourth-order valence-corrected chi connectivity index (χ4v) is 2.83. The molecule has 1 aliphatic carbocycles. The summed E-state index contributed by atoms with van der Waals surface area (Å²) in [6.45, 7) is 4.83. The van der Waals surface area contributed by atoms with Crippen LogP contribution in [0, 0.1) is 16.7 Å². The molecule has 0 spiro atoms. The number of benzene rings is 1. The lowest BCUT2D eigenvalue weighted by molar-refractivity contribution is 0.313. The van der Waals surface area contributed by atoms with Crippen molar-refractivity contribution in [2.24, 2.45) is 5.41 Å². The zero-order valence-electron chi connectivity index (χ0n) is 12.5. The van der Waals surface area contributed by atoms with Gasteiger partial charge in [-0.25, -0.2) is 0 Å². The normalized spacial score (nSPS) is 21.6. The van der Waals surface area contributed by atoms with E-state index in [9.17, 15) is 0 Å². The molecule has 0 aromatic heterocycles.